The van der Waals surface area contributed by atoms with Crippen LogP contribution in [-0.2, 0) is 12.0 Å². The Morgan fingerprint density at radius 2 is 2.09 bits per heavy atom. The van der Waals surface area contributed by atoms with E-state index in [-0.39, 0.29) is 18.5 Å². The highest BCUT2D eigenvalue weighted by Gasteiger charge is 2.44. The summed E-state index contributed by atoms with van der Waals surface area (Å²) in [5, 5.41) is 4.63. The third kappa shape index (κ3) is 4.00. The Morgan fingerprint density at radius 1 is 1.43 bits per heavy atom. The molecule has 3 nitrogen and oxygen atoms in total. The van der Waals surface area contributed by atoms with Crippen LogP contribution in [0.25, 0.3) is 5.57 Å². The zero-order valence-electron chi connectivity index (χ0n) is 15.2. The molecule has 1 aromatic rings. The minimum atomic E-state index is -2.66. The van der Waals surface area contributed by atoms with Crippen LogP contribution >= 0.6 is 0 Å². The second kappa shape index (κ2) is 6.34. The summed E-state index contributed by atoms with van der Waals surface area (Å²) < 4.78 is 30.6. The molecular formula is C18H29F2N3. The Hall–Kier alpha value is -1.23. The van der Waals surface area contributed by atoms with E-state index in [1.54, 1.807) is 11.9 Å². The van der Waals surface area contributed by atoms with E-state index in [4.69, 9.17) is 0 Å². The van der Waals surface area contributed by atoms with Crippen molar-refractivity contribution in [3.05, 3.63) is 23.5 Å². The van der Waals surface area contributed by atoms with Gasteiger partial charge in [-0.1, -0.05) is 26.8 Å². The molecule has 1 unspecified atom stereocenters. The Balaban J connectivity index is 2.33. The lowest BCUT2D eigenvalue weighted by molar-refractivity contribution is -0.111. The van der Waals surface area contributed by atoms with Gasteiger partial charge in [0.2, 0.25) is 0 Å². The number of likely N-dealkylation sites (tertiary alicyclic amines) is 1. The first-order chi connectivity index (χ1) is 10.5. The van der Waals surface area contributed by atoms with Crippen molar-refractivity contribution in [2.75, 3.05) is 20.1 Å². The van der Waals surface area contributed by atoms with Crippen LogP contribution in [0.15, 0.2) is 12.1 Å². The molecule has 5 heteroatoms. The van der Waals surface area contributed by atoms with Gasteiger partial charge >= 0.3 is 0 Å². The average Bonchev–Trinajstić information content (AvgIpc) is 2.84. The van der Waals surface area contributed by atoms with Crippen molar-refractivity contribution >= 4 is 5.57 Å². The molecule has 2 rings (SSSR count). The summed E-state index contributed by atoms with van der Waals surface area (Å²) in [6.45, 7) is 11.1. The molecule has 0 spiro atoms. The van der Waals surface area contributed by atoms with Gasteiger partial charge in [0.25, 0.3) is 5.92 Å². The fourth-order valence-electron chi connectivity index (χ4n) is 3.09. The molecule has 1 aliphatic rings. The summed E-state index contributed by atoms with van der Waals surface area (Å²) in [6.07, 6.45) is 2.51. The number of nitrogens with zero attached hydrogens (tertiary/aromatic N) is 3. The van der Waals surface area contributed by atoms with E-state index in [1.807, 2.05) is 30.7 Å². The highest BCUT2D eigenvalue weighted by Crippen LogP contribution is 2.35. The molecule has 0 aromatic carbocycles. The van der Waals surface area contributed by atoms with E-state index in [0.717, 1.165) is 17.0 Å². The van der Waals surface area contributed by atoms with Gasteiger partial charge in [0.1, 0.15) is 0 Å². The van der Waals surface area contributed by atoms with E-state index < -0.39 is 11.8 Å². The van der Waals surface area contributed by atoms with Gasteiger partial charge in [0.15, 0.2) is 0 Å². The summed E-state index contributed by atoms with van der Waals surface area (Å²) in [6, 6.07) is 2.04. The smallest absolute Gasteiger partial charge is 0.265 e. The largest absolute Gasteiger partial charge is 0.301 e. The second-order valence-electron chi connectivity index (χ2n) is 7.80. The van der Waals surface area contributed by atoms with Gasteiger partial charge in [0.05, 0.1) is 12.2 Å². The number of allylic oxidation sites excluding steroid dienone is 2. The lowest BCUT2D eigenvalue weighted by atomic mass is 9.90. The highest BCUT2D eigenvalue weighted by atomic mass is 19.3. The fraction of sp³-hybridized carbons (Fsp3) is 0.722. The van der Waals surface area contributed by atoms with Crippen molar-refractivity contribution in [3.63, 3.8) is 0 Å². The van der Waals surface area contributed by atoms with E-state index in [1.165, 1.54) is 0 Å². The fourth-order valence-corrected chi connectivity index (χ4v) is 3.09. The predicted octanol–water partition coefficient (Wildman–Crippen LogP) is 4.19. The first-order valence-electron chi connectivity index (χ1n) is 8.32. The van der Waals surface area contributed by atoms with E-state index in [0.29, 0.717) is 13.0 Å². The number of hydrogen-bond donors (Lipinski definition) is 0. The number of halogens is 2. The zero-order chi connectivity index (χ0) is 17.4. The predicted molar refractivity (Wildman–Crippen MR) is 90.8 cm³/mol. The van der Waals surface area contributed by atoms with Crippen molar-refractivity contribution in [1.82, 2.24) is 14.7 Å². The van der Waals surface area contributed by atoms with Gasteiger partial charge in [-0.2, -0.15) is 5.10 Å². The first kappa shape index (κ1) is 18.1. The van der Waals surface area contributed by atoms with Crippen LogP contribution in [0.2, 0.25) is 0 Å². The van der Waals surface area contributed by atoms with Gasteiger partial charge in [-0.3, -0.25) is 4.68 Å². The highest BCUT2D eigenvalue weighted by molar-refractivity contribution is 5.60. The van der Waals surface area contributed by atoms with Crippen LogP contribution in [-0.4, -0.2) is 40.7 Å². The molecule has 1 aliphatic heterocycles. The molecular weight excluding hydrogens is 296 g/mol. The topological polar surface area (TPSA) is 21.1 Å². The maximum atomic E-state index is 14.4. The number of piperidine rings is 1. The summed E-state index contributed by atoms with van der Waals surface area (Å²) in [4.78, 5) is 1.71. The number of alkyl halides is 2. The second-order valence-corrected chi connectivity index (χ2v) is 7.80. The quantitative estimate of drug-likeness (QED) is 0.831. The maximum Gasteiger partial charge on any atom is 0.265 e. The van der Waals surface area contributed by atoms with Crippen molar-refractivity contribution in [2.45, 2.75) is 58.9 Å². The Kier molecular flexibility index (Phi) is 5.00. The van der Waals surface area contributed by atoms with Crippen molar-refractivity contribution in [3.8, 4) is 0 Å². The van der Waals surface area contributed by atoms with Crippen molar-refractivity contribution < 1.29 is 8.78 Å². The molecule has 0 aliphatic carbocycles. The summed E-state index contributed by atoms with van der Waals surface area (Å²) in [5.41, 5.74) is 2.85. The lowest BCUT2D eigenvalue weighted by Gasteiger charge is -2.37. The summed E-state index contributed by atoms with van der Waals surface area (Å²) in [5.74, 6) is -3.32. The van der Waals surface area contributed by atoms with Crippen LogP contribution in [0.4, 0.5) is 8.78 Å². The first-order valence-corrected chi connectivity index (χ1v) is 8.32. The van der Waals surface area contributed by atoms with E-state index in [9.17, 15) is 8.78 Å². The third-order valence-corrected chi connectivity index (χ3v) is 4.72. The van der Waals surface area contributed by atoms with Gasteiger partial charge in [0, 0.05) is 23.6 Å². The normalized spacial score (nSPS) is 23.3. The Labute approximate surface area is 138 Å². The molecule has 1 saturated heterocycles. The summed E-state index contributed by atoms with van der Waals surface area (Å²) in [7, 11) is 1.76. The van der Waals surface area contributed by atoms with E-state index in [2.05, 4.69) is 25.9 Å². The lowest BCUT2D eigenvalue weighted by Crippen LogP contribution is -2.48. The molecule has 23 heavy (non-hydrogen) atoms. The standard InChI is InChI=1S/C18H29F2N3/c1-7-13(2)15-10-16(17(3,4)5)23(21-15)11-14-8-9-22(6)12-18(14,19)20/h7,10,14H,8-9,11-12H2,1-6H3. The van der Waals surface area contributed by atoms with Crippen LogP contribution in [0.3, 0.4) is 0 Å². The van der Waals surface area contributed by atoms with Crippen LogP contribution < -0.4 is 0 Å². The van der Waals surface area contributed by atoms with Crippen molar-refractivity contribution in [1.29, 1.82) is 0 Å². The molecule has 130 valence electrons. The molecule has 0 bridgehead atoms. The third-order valence-electron chi connectivity index (χ3n) is 4.72. The molecule has 0 radical (unpaired) electrons. The number of hydrogen-bond acceptors (Lipinski definition) is 2. The minimum absolute atomic E-state index is 0.125. The zero-order valence-corrected chi connectivity index (χ0v) is 15.2. The van der Waals surface area contributed by atoms with Gasteiger partial charge in [-0.15, -0.1) is 0 Å². The van der Waals surface area contributed by atoms with Crippen LogP contribution in [0, 0.1) is 5.92 Å². The van der Waals surface area contributed by atoms with E-state index >= 15 is 0 Å². The van der Waals surface area contributed by atoms with Crippen LogP contribution in [0.5, 0.6) is 0 Å². The molecule has 0 amide bonds. The maximum absolute atomic E-state index is 14.4. The molecule has 1 aromatic heterocycles. The van der Waals surface area contributed by atoms with Gasteiger partial charge < -0.3 is 4.90 Å². The van der Waals surface area contributed by atoms with Gasteiger partial charge in [-0.05, 0) is 45.5 Å². The SMILES string of the molecule is CC=C(C)c1cc(C(C)(C)C)n(CC2CCN(C)CC2(F)F)n1. The summed E-state index contributed by atoms with van der Waals surface area (Å²) >= 11 is 0. The van der Waals surface area contributed by atoms with Gasteiger partial charge in [-0.25, -0.2) is 8.78 Å². The minimum Gasteiger partial charge on any atom is -0.301 e. The molecule has 0 N–H and O–H groups in total. The molecule has 2 heterocycles. The van der Waals surface area contributed by atoms with Crippen molar-refractivity contribution in [2.24, 2.45) is 5.92 Å². The molecule has 0 saturated carbocycles. The monoisotopic (exact) mass is 325 g/mol. The molecule has 1 atom stereocenters. The van der Waals surface area contributed by atoms with Crippen LogP contribution in [0.1, 0.15) is 52.4 Å². The Morgan fingerprint density at radius 3 is 2.61 bits per heavy atom. The average molecular weight is 325 g/mol. The molecule has 1 fully saturated rings. The Bertz CT molecular complexity index is 582. The number of rotatable bonds is 3. The number of aromatic nitrogens is 2.